The minimum absolute atomic E-state index is 0.00214. The van der Waals surface area contributed by atoms with Crippen molar-refractivity contribution in [2.24, 2.45) is 0 Å². The summed E-state index contributed by atoms with van der Waals surface area (Å²) in [6, 6.07) is 6.22. The monoisotopic (exact) mass is 368 g/mol. The van der Waals surface area contributed by atoms with Crippen molar-refractivity contribution in [2.75, 3.05) is 24.1 Å². The Bertz CT molecular complexity index is 669. The molecule has 0 spiro atoms. The third-order valence-corrected chi connectivity index (χ3v) is 4.45. The third kappa shape index (κ3) is 8.16. The number of amides is 1. The van der Waals surface area contributed by atoms with E-state index < -0.39 is 10.0 Å². The van der Waals surface area contributed by atoms with E-state index in [0.717, 1.165) is 32.1 Å². The van der Waals surface area contributed by atoms with Gasteiger partial charge in [-0.1, -0.05) is 19.8 Å². The highest BCUT2D eigenvalue weighted by Crippen LogP contribution is 2.13. The minimum atomic E-state index is -3.34. The first-order valence-electron chi connectivity index (χ1n) is 8.65. The van der Waals surface area contributed by atoms with Crippen molar-refractivity contribution in [3.63, 3.8) is 0 Å². The summed E-state index contributed by atoms with van der Waals surface area (Å²) in [5, 5.41) is 0. The predicted molar refractivity (Wildman–Crippen MR) is 100 cm³/mol. The maximum Gasteiger partial charge on any atom is 0.229 e. The molecule has 0 heterocycles. The molecule has 0 bridgehead atoms. The molecule has 0 aliphatic rings. The first kappa shape index (κ1) is 21.2. The normalized spacial score (nSPS) is 11.2. The fourth-order valence-electron chi connectivity index (χ4n) is 2.47. The van der Waals surface area contributed by atoms with Crippen molar-refractivity contribution in [1.82, 2.24) is 4.90 Å². The van der Waals surface area contributed by atoms with Crippen LogP contribution in [0.3, 0.4) is 0 Å². The molecule has 1 N–H and O–H groups in total. The van der Waals surface area contributed by atoms with Gasteiger partial charge >= 0.3 is 0 Å². The van der Waals surface area contributed by atoms with E-state index >= 15 is 0 Å². The summed E-state index contributed by atoms with van der Waals surface area (Å²) in [6.45, 7) is 5.46. The molecule has 0 atom stereocenters. The van der Waals surface area contributed by atoms with Crippen LogP contribution in [-0.4, -0.2) is 44.4 Å². The van der Waals surface area contributed by atoms with Crippen LogP contribution in [0.15, 0.2) is 24.3 Å². The first-order valence-corrected chi connectivity index (χ1v) is 10.5. The van der Waals surface area contributed by atoms with Crippen LogP contribution in [0, 0.1) is 0 Å². The van der Waals surface area contributed by atoms with Gasteiger partial charge in [0.05, 0.1) is 6.26 Å². The van der Waals surface area contributed by atoms with Gasteiger partial charge in [-0.2, -0.15) is 0 Å². The van der Waals surface area contributed by atoms with E-state index in [1.807, 2.05) is 6.92 Å². The zero-order valence-corrected chi connectivity index (χ0v) is 16.1. The van der Waals surface area contributed by atoms with Crippen LogP contribution in [0.25, 0.3) is 0 Å². The zero-order chi connectivity index (χ0) is 18.9. The van der Waals surface area contributed by atoms with Gasteiger partial charge in [0.1, 0.15) is 0 Å². The zero-order valence-electron chi connectivity index (χ0n) is 15.2. The molecule has 1 aromatic rings. The Hall–Kier alpha value is -1.89. The van der Waals surface area contributed by atoms with Crippen LogP contribution in [-0.2, 0) is 14.8 Å². The Labute approximate surface area is 150 Å². The van der Waals surface area contributed by atoms with Gasteiger partial charge in [-0.15, -0.1) is 0 Å². The molecular formula is C18H28N2O4S. The lowest BCUT2D eigenvalue weighted by atomic mass is 10.1. The summed E-state index contributed by atoms with van der Waals surface area (Å²) in [4.78, 5) is 26.2. The van der Waals surface area contributed by atoms with Gasteiger partial charge in [-0.05, 0) is 37.6 Å². The van der Waals surface area contributed by atoms with Gasteiger partial charge in [0, 0.05) is 37.2 Å². The van der Waals surface area contributed by atoms with E-state index in [0.29, 0.717) is 17.8 Å². The van der Waals surface area contributed by atoms with E-state index in [9.17, 15) is 18.0 Å². The molecule has 1 rings (SSSR count). The average molecular weight is 368 g/mol. The molecule has 0 unspecified atom stereocenters. The number of nitrogens with one attached hydrogen (secondary N) is 1. The van der Waals surface area contributed by atoms with Gasteiger partial charge in [-0.25, -0.2) is 8.42 Å². The molecule has 0 saturated carbocycles. The lowest BCUT2D eigenvalue weighted by Gasteiger charge is -2.20. The smallest absolute Gasteiger partial charge is 0.229 e. The van der Waals surface area contributed by atoms with E-state index in [1.165, 1.54) is 0 Å². The number of nitrogens with zero attached hydrogens (tertiary/aromatic N) is 1. The van der Waals surface area contributed by atoms with E-state index in [4.69, 9.17) is 0 Å². The number of unbranched alkanes of at least 4 members (excludes halogenated alkanes) is 2. The van der Waals surface area contributed by atoms with Gasteiger partial charge in [0.15, 0.2) is 5.78 Å². The quantitative estimate of drug-likeness (QED) is 0.481. The lowest BCUT2D eigenvalue weighted by Crippen LogP contribution is -2.32. The Morgan fingerprint density at radius 2 is 1.68 bits per heavy atom. The summed E-state index contributed by atoms with van der Waals surface area (Å²) in [5.41, 5.74) is 0.879. The fourth-order valence-corrected chi connectivity index (χ4v) is 3.04. The Morgan fingerprint density at radius 1 is 1.04 bits per heavy atom. The molecular weight excluding hydrogens is 340 g/mol. The molecule has 0 radical (unpaired) electrons. The molecule has 7 heteroatoms. The number of hydrogen-bond donors (Lipinski definition) is 1. The van der Waals surface area contributed by atoms with Crippen molar-refractivity contribution < 1.29 is 18.0 Å². The fraction of sp³-hybridized carbons (Fsp3) is 0.556. The number of ketones is 1. The summed E-state index contributed by atoms with van der Waals surface area (Å²) < 4.78 is 24.7. The first-order chi connectivity index (χ1) is 11.8. The largest absolute Gasteiger partial charge is 0.343 e. The van der Waals surface area contributed by atoms with Crippen molar-refractivity contribution in [1.29, 1.82) is 0 Å². The summed E-state index contributed by atoms with van der Waals surface area (Å²) >= 11 is 0. The van der Waals surface area contributed by atoms with E-state index in [1.54, 1.807) is 29.2 Å². The highest BCUT2D eigenvalue weighted by atomic mass is 32.2. The molecule has 0 aliphatic heterocycles. The molecule has 0 saturated heterocycles. The van der Waals surface area contributed by atoms with Crippen molar-refractivity contribution in [2.45, 2.75) is 46.0 Å². The predicted octanol–water partition coefficient (Wildman–Crippen LogP) is 3.06. The average Bonchev–Trinajstić information content (AvgIpc) is 2.55. The summed E-state index contributed by atoms with van der Waals surface area (Å²) in [7, 11) is -3.34. The van der Waals surface area contributed by atoms with Crippen LogP contribution in [0.4, 0.5) is 5.69 Å². The van der Waals surface area contributed by atoms with Crippen molar-refractivity contribution >= 4 is 27.4 Å². The second kappa shape index (κ2) is 10.2. The number of carbonyl (C=O) groups excluding carboxylic acids is 2. The van der Waals surface area contributed by atoms with Crippen LogP contribution >= 0.6 is 0 Å². The number of benzene rings is 1. The van der Waals surface area contributed by atoms with Gasteiger partial charge in [0.2, 0.25) is 15.9 Å². The topological polar surface area (TPSA) is 83.6 Å². The van der Waals surface area contributed by atoms with Crippen LogP contribution in [0.2, 0.25) is 0 Å². The number of carbonyl (C=O) groups is 2. The van der Waals surface area contributed by atoms with Gasteiger partial charge in [0.25, 0.3) is 0 Å². The lowest BCUT2D eigenvalue weighted by molar-refractivity contribution is -0.131. The molecule has 0 fully saturated rings. The number of rotatable bonds is 11. The summed E-state index contributed by atoms with van der Waals surface area (Å²) in [6.07, 6.45) is 4.60. The highest BCUT2D eigenvalue weighted by Gasteiger charge is 2.14. The number of hydrogen-bond acceptors (Lipinski definition) is 4. The molecule has 140 valence electrons. The Balaban J connectivity index is 2.54. The molecule has 6 nitrogen and oxygen atoms in total. The number of Topliss-reactive ketones (excluding diaryl/α,β-unsaturated/α-hetero) is 1. The van der Waals surface area contributed by atoms with E-state index in [-0.39, 0.29) is 24.5 Å². The maximum absolute atomic E-state index is 12.2. The summed E-state index contributed by atoms with van der Waals surface area (Å²) in [5.74, 6) is -0.119. The Morgan fingerprint density at radius 3 is 2.20 bits per heavy atom. The van der Waals surface area contributed by atoms with Crippen LogP contribution in [0.5, 0.6) is 0 Å². The molecule has 0 aliphatic carbocycles. The molecule has 0 aromatic heterocycles. The van der Waals surface area contributed by atoms with Crippen molar-refractivity contribution in [3.05, 3.63) is 29.8 Å². The number of sulfonamides is 1. The van der Waals surface area contributed by atoms with E-state index in [2.05, 4.69) is 11.6 Å². The number of anilines is 1. The SMILES string of the molecule is CCCCCN(CC)C(=O)CCC(=O)c1ccc(NS(C)(=O)=O)cc1. The van der Waals surface area contributed by atoms with Crippen LogP contribution in [0.1, 0.15) is 56.3 Å². The van der Waals surface area contributed by atoms with Gasteiger partial charge < -0.3 is 4.90 Å². The highest BCUT2D eigenvalue weighted by molar-refractivity contribution is 7.92. The third-order valence-electron chi connectivity index (χ3n) is 3.84. The second-order valence-corrected chi connectivity index (χ2v) is 7.80. The van der Waals surface area contributed by atoms with Crippen molar-refractivity contribution in [3.8, 4) is 0 Å². The van der Waals surface area contributed by atoms with Crippen LogP contribution < -0.4 is 4.72 Å². The molecule has 1 aromatic carbocycles. The molecule has 1 amide bonds. The standard InChI is InChI=1S/C18H28N2O4S/c1-4-6-7-14-20(5-2)18(22)13-12-17(21)15-8-10-16(11-9-15)19-25(3,23)24/h8-11,19H,4-7,12-14H2,1-3H3. The Kier molecular flexibility index (Phi) is 8.61. The maximum atomic E-state index is 12.2. The second-order valence-electron chi connectivity index (χ2n) is 6.06. The van der Waals surface area contributed by atoms with Gasteiger partial charge in [-0.3, -0.25) is 14.3 Å². The minimum Gasteiger partial charge on any atom is -0.343 e. The molecule has 25 heavy (non-hydrogen) atoms.